The number of rotatable bonds is 5. The smallest absolute Gasteiger partial charge is 0.363 e. The molecule has 0 radical (unpaired) electrons. The summed E-state index contributed by atoms with van der Waals surface area (Å²) in [7, 11) is 0. The van der Waals surface area contributed by atoms with Crippen molar-refractivity contribution >= 4 is 40.5 Å². The Morgan fingerprint density at radius 2 is 2.08 bits per heavy atom. The Bertz CT molecular complexity index is 900. The second kappa shape index (κ2) is 7.65. The van der Waals surface area contributed by atoms with Gasteiger partial charge in [-0.25, -0.2) is 9.79 Å². The first kappa shape index (κ1) is 17.4. The predicted molar refractivity (Wildman–Crippen MR) is 107 cm³/mol. The quantitative estimate of drug-likeness (QED) is 0.295. The molecule has 0 N–H and O–H groups in total. The lowest BCUT2D eigenvalue weighted by Gasteiger charge is -2.06. The zero-order valence-corrected chi connectivity index (χ0v) is 15.8. The number of carbonyl (C=O) groups excluding carboxylic acids is 1. The summed E-state index contributed by atoms with van der Waals surface area (Å²) in [5.41, 5.74) is 2.91. The van der Waals surface area contributed by atoms with E-state index in [1.165, 1.54) is 0 Å². The highest BCUT2D eigenvalue weighted by Crippen LogP contribution is 2.25. The van der Waals surface area contributed by atoms with Crippen LogP contribution >= 0.6 is 22.6 Å². The van der Waals surface area contributed by atoms with Gasteiger partial charge in [-0.3, -0.25) is 0 Å². The minimum Gasteiger partial charge on any atom is -0.489 e. The predicted octanol–water partition coefficient (Wildman–Crippen LogP) is 4.51. The van der Waals surface area contributed by atoms with Gasteiger partial charge in [0.05, 0.1) is 0 Å². The van der Waals surface area contributed by atoms with Gasteiger partial charge < -0.3 is 9.47 Å². The van der Waals surface area contributed by atoms with Crippen LogP contribution in [0.2, 0.25) is 0 Å². The van der Waals surface area contributed by atoms with Gasteiger partial charge >= 0.3 is 5.97 Å². The van der Waals surface area contributed by atoms with E-state index in [9.17, 15) is 4.79 Å². The van der Waals surface area contributed by atoms with Gasteiger partial charge in [0.1, 0.15) is 12.4 Å². The van der Waals surface area contributed by atoms with Gasteiger partial charge in [0, 0.05) is 14.7 Å². The van der Waals surface area contributed by atoms with E-state index in [1.54, 1.807) is 12.2 Å². The molecular formula is C20H16INO3. The number of hydrogen-bond acceptors (Lipinski definition) is 4. The highest BCUT2D eigenvalue weighted by Gasteiger charge is 2.24. The van der Waals surface area contributed by atoms with E-state index in [1.807, 2.05) is 49.4 Å². The molecule has 1 heterocycles. The first-order valence-electron chi connectivity index (χ1n) is 7.70. The van der Waals surface area contributed by atoms with Crippen LogP contribution in [0.4, 0.5) is 0 Å². The molecule has 0 amide bonds. The molecule has 0 aromatic heterocycles. The SMILES string of the molecule is C=CCOc1ccccc1/C=C1\N=C(c2ccc(I)c(C)c2)OC1=O. The Kier molecular flexibility index (Phi) is 5.33. The molecule has 0 saturated heterocycles. The standard InChI is InChI=1S/C20H16INO3/c1-3-10-24-18-7-5-4-6-14(18)12-17-20(23)25-19(22-17)15-8-9-16(21)13(2)11-15/h3-9,11-12H,1,10H2,2H3/b17-12-. The van der Waals surface area contributed by atoms with Crippen molar-refractivity contribution in [1.82, 2.24) is 0 Å². The van der Waals surface area contributed by atoms with Crippen LogP contribution in [-0.2, 0) is 9.53 Å². The number of esters is 1. The lowest BCUT2D eigenvalue weighted by atomic mass is 10.1. The minimum atomic E-state index is -0.468. The summed E-state index contributed by atoms with van der Waals surface area (Å²) in [6.45, 7) is 6.04. The van der Waals surface area contributed by atoms with Crippen LogP contribution in [-0.4, -0.2) is 18.5 Å². The van der Waals surface area contributed by atoms with E-state index in [4.69, 9.17) is 9.47 Å². The largest absolute Gasteiger partial charge is 0.489 e. The third kappa shape index (κ3) is 3.99. The van der Waals surface area contributed by atoms with Gasteiger partial charge in [-0.05, 0) is 65.4 Å². The maximum absolute atomic E-state index is 12.2. The summed E-state index contributed by atoms with van der Waals surface area (Å²) in [4.78, 5) is 16.5. The van der Waals surface area contributed by atoms with Crippen molar-refractivity contribution in [2.75, 3.05) is 6.61 Å². The van der Waals surface area contributed by atoms with E-state index in [0.29, 0.717) is 18.3 Å². The molecule has 1 aliphatic heterocycles. The van der Waals surface area contributed by atoms with Crippen LogP contribution in [0, 0.1) is 10.5 Å². The highest BCUT2D eigenvalue weighted by atomic mass is 127. The van der Waals surface area contributed by atoms with Crippen molar-refractivity contribution in [3.63, 3.8) is 0 Å². The number of nitrogens with zero attached hydrogens (tertiary/aromatic N) is 1. The topological polar surface area (TPSA) is 47.9 Å². The summed E-state index contributed by atoms with van der Waals surface area (Å²) >= 11 is 2.26. The van der Waals surface area contributed by atoms with Crippen molar-refractivity contribution in [3.8, 4) is 5.75 Å². The fraction of sp³-hybridized carbons (Fsp3) is 0.100. The fourth-order valence-corrected chi connectivity index (χ4v) is 2.67. The molecule has 3 rings (SSSR count). The maximum Gasteiger partial charge on any atom is 0.363 e. The van der Waals surface area contributed by atoms with Crippen LogP contribution in [0.3, 0.4) is 0 Å². The molecule has 0 bridgehead atoms. The number of carbonyl (C=O) groups is 1. The lowest BCUT2D eigenvalue weighted by molar-refractivity contribution is -0.129. The molecule has 2 aromatic rings. The average Bonchev–Trinajstić information content (AvgIpc) is 2.97. The molecule has 2 aromatic carbocycles. The Morgan fingerprint density at radius 3 is 2.84 bits per heavy atom. The molecule has 0 spiro atoms. The number of hydrogen-bond donors (Lipinski definition) is 0. The van der Waals surface area contributed by atoms with Crippen LogP contribution in [0.1, 0.15) is 16.7 Å². The van der Waals surface area contributed by atoms with Crippen molar-refractivity contribution in [2.45, 2.75) is 6.92 Å². The Morgan fingerprint density at radius 1 is 1.28 bits per heavy atom. The third-order valence-electron chi connectivity index (χ3n) is 3.59. The molecule has 0 saturated carbocycles. The minimum absolute atomic E-state index is 0.251. The number of cyclic esters (lactones) is 1. The number of aryl methyl sites for hydroxylation is 1. The molecular weight excluding hydrogens is 429 g/mol. The first-order valence-corrected chi connectivity index (χ1v) is 8.78. The number of halogens is 1. The van der Waals surface area contributed by atoms with Crippen molar-refractivity contribution in [3.05, 3.63) is 81.1 Å². The van der Waals surface area contributed by atoms with Crippen molar-refractivity contribution in [2.24, 2.45) is 4.99 Å². The molecule has 0 atom stereocenters. The summed E-state index contributed by atoms with van der Waals surface area (Å²) in [6, 6.07) is 13.3. The van der Waals surface area contributed by atoms with Gasteiger partial charge in [-0.2, -0.15) is 0 Å². The van der Waals surface area contributed by atoms with Crippen LogP contribution < -0.4 is 4.74 Å². The van der Waals surface area contributed by atoms with Gasteiger partial charge in [-0.15, -0.1) is 0 Å². The van der Waals surface area contributed by atoms with E-state index in [-0.39, 0.29) is 5.70 Å². The highest BCUT2D eigenvalue weighted by molar-refractivity contribution is 14.1. The van der Waals surface area contributed by atoms with Gasteiger partial charge in [0.25, 0.3) is 0 Å². The molecule has 4 nitrogen and oxygen atoms in total. The fourth-order valence-electron chi connectivity index (χ4n) is 2.34. The van der Waals surface area contributed by atoms with Gasteiger partial charge in [0.2, 0.25) is 5.90 Å². The number of ether oxygens (including phenoxy) is 2. The summed E-state index contributed by atoms with van der Waals surface area (Å²) in [6.07, 6.45) is 3.34. The number of para-hydroxylation sites is 1. The molecule has 5 heteroatoms. The van der Waals surface area contributed by atoms with Crippen LogP contribution in [0.5, 0.6) is 5.75 Å². The van der Waals surface area contributed by atoms with E-state index in [2.05, 4.69) is 34.2 Å². The van der Waals surface area contributed by atoms with Crippen molar-refractivity contribution < 1.29 is 14.3 Å². The van der Waals surface area contributed by atoms with Gasteiger partial charge in [-0.1, -0.05) is 30.9 Å². The second-order valence-corrected chi connectivity index (χ2v) is 6.60. The van der Waals surface area contributed by atoms with Crippen LogP contribution in [0.15, 0.2) is 65.8 Å². The Balaban J connectivity index is 1.93. The first-order chi connectivity index (χ1) is 12.1. The van der Waals surface area contributed by atoms with E-state index in [0.717, 1.165) is 20.3 Å². The van der Waals surface area contributed by atoms with Crippen molar-refractivity contribution in [1.29, 1.82) is 0 Å². The van der Waals surface area contributed by atoms with Gasteiger partial charge in [0.15, 0.2) is 5.70 Å². The third-order valence-corrected chi connectivity index (χ3v) is 4.80. The zero-order chi connectivity index (χ0) is 17.8. The van der Waals surface area contributed by atoms with E-state index < -0.39 is 5.97 Å². The number of aliphatic imine (C=N–C) groups is 1. The lowest BCUT2D eigenvalue weighted by Crippen LogP contribution is -2.05. The average molecular weight is 445 g/mol. The number of benzene rings is 2. The van der Waals surface area contributed by atoms with E-state index >= 15 is 0 Å². The summed E-state index contributed by atoms with van der Waals surface area (Å²) in [5.74, 6) is 0.515. The maximum atomic E-state index is 12.2. The molecule has 126 valence electrons. The zero-order valence-electron chi connectivity index (χ0n) is 13.7. The molecule has 0 aliphatic carbocycles. The Hall–Kier alpha value is -2.41. The monoisotopic (exact) mass is 445 g/mol. The summed E-state index contributed by atoms with van der Waals surface area (Å²) < 4.78 is 12.1. The molecule has 0 fully saturated rings. The molecule has 1 aliphatic rings. The Labute approximate surface area is 160 Å². The summed E-state index contributed by atoms with van der Waals surface area (Å²) in [5, 5.41) is 0. The van der Waals surface area contributed by atoms with Crippen LogP contribution in [0.25, 0.3) is 6.08 Å². The molecule has 0 unspecified atom stereocenters. The normalized spacial score (nSPS) is 15.0. The molecule has 25 heavy (non-hydrogen) atoms. The second-order valence-electron chi connectivity index (χ2n) is 5.44.